The normalized spacial score (nSPS) is 17.8. The van der Waals surface area contributed by atoms with Crippen LogP contribution in [0.2, 0.25) is 0 Å². The zero-order valence-electron chi connectivity index (χ0n) is 10.6. The van der Waals surface area contributed by atoms with Gasteiger partial charge in [-0.3, -0.25) is 0 Å². The molecule has 0 bridgehead atoms. The van der Waals surface area contributed by atoms with Gasteiger partial charge in [-0.1, -0.05) is 17.7 Å². The highest BCUT2D eigenvalue weighted by atomic mass is 15.1. The van der Waals surface area contributed by atoms with Crippen molar-refractivity contribution in [2.45, 2.75) is 32.7 Å². The number of hydrogen-bond acceptors (Lipinski definition) is 2. The summed E-state index contributed by atoms with van der Waals surface area (Å²) in [6.07, 6.45) is 2.51. The van der Waals surface area contributed by atoms with Crippen LogP contribution in [-0.4, -0.2) is 26.2 Å². The summed E-state index contributed by atoms with van der Waals surface area (Å²) >= 11 is 0. The largest absolute Gasteiger partial charge is 0.371 e. The molecule has 16 heavy (non-hydrogen) atoms. The predicted octanol–water partition coefficient (Wildman–Crippen LogP) is 2.49. The van der Waals surface area contributed by atoms with Crippen LogP contribution >= 0.6 is 0 Å². The van der Waals surface area contributed by atoms with Crippen LogP contribution in [0.25, 0.3) is 0 Å². The van der Waals surface area contributed by atoms with E-state index >= 15 is 0 Å². The summed E-state index contributed by atoms with van der Waals surface area (Å²) in [5.41, 5.74) is 4.18. The molecule has 0 aliphatic carbocycles. The second-order valence-electron chi connectivity index (χ2n) is 4.84. The van der Waals surface area contributed by atoms with Crippen molar-refractivity contribution in [1.29, 1.82) is 0 Å². The summed E-state index contributed by atoms with van der Waals surface area (Å²) in [5, 5.41) is 3.37. The van der Waals surface area contributed by atoms with Gasteiger partial charge in [0.05, 0.1) is 0 Å². The van der Waals surface area contributed by atoms with Crippen LogP contribution in [0.1, 0.15) is 24.0 Å². The molecule has 0 radical (unpaired) electrons. The van der Waals surface area contributed by atoms with Crippen LogP contribution in [0.4, 0.5) is 5.69 Å². The highest BCUT2D eigenvalue weighted by Gasteiger charge is 2.18. The van der Waals surface area contributed by atoms with Crippen LogP contribution in [-0.2, 0) is 0 Å². The minimum absolute atomic E-state index is 0.710. The van der Waals surface area contributed by atoms with Gasteiger partial charge in [-0.25, -0.2) is 0 Å². The number of piperidine rings is 1. The second kappa shape index (κ2) is 4.88. The number of nitrogens with one attached hydrogen (secondary N) is 1. The van der Waals surface area contributed by atoms with Crippen molar-refractivity contribution >= 4 is 5.69 Å². The van der Waals surface area contributed by atoms with Crippen molar-refractivity contribution < 1.29 is 0 Å². The summed E-state index contributed by atoms with van der Waals surface area (Å²) in [7, 11) is 2.07. The smallest absolute Gasteiger partial charge is 0.0396 e. The third-order valence-electron chi connectivity index (χ3n) is 3.60. The van der Waals surface area contributed by atoms with E-state index in [1.165, 1.54) is 42.7 Å². The van der Waals surface area contributed by atoms with Crippen molar-refractivity contribution in [3.05, 3.63) is 29.3 Å². The molecule has 88 valence electrons. The van der Waals surface area contributed by atoms with E-state index < -0.39 is 0 Å². The zero-order chi connectivity index (χ0) is 11.5. The Morgan fingerprint density at radius 3 is 2.44 bits per heavy atom. The number of rotatable bonds is 2. The summed E-state index contributed by atoms with van der Waals surface area (Å²) in [6, 6.07) is 7.47. The first-order chi connectivity index (χ1) is 7.70. The molecule has 0 amide bonds. The van der Waals surface area contributed by atoms with Gasteiger partial charge in [-0.15, -0.1) is 0 Å². The molecule has 1 N–H and O–H groups in total. The van der Waals surface area contributed by atoms with Gasteiger partial charge in [0.25, 0.3) is 0 Å². The molecule has 1 aliphatic rings. The third kappa shape index (κ3) is 2.38. The van der Waals surface area contributed by atoms with Crippen molar-refractivity contribution in [1.82, 2.24) is 5.32 Å². The van der Waals surface area contributed by atoms with Gasteiger partial charge in [0.1, 0.15) is 0 Å². The van der Waals surface area contributed by atoms with Crippen molar-refractivity contribution in [2.75, 3.05) is 25.0 Å². The Labute approximate surface area is 98.7 Å². The molecule has 0 aromatic heterocycles. The number of hydrogen-bond donors (Lipinski definition) is 1. The fourth-order valence-electron chi connectivity index (χ4n) is 2.57. The molecule has 0 saturated carbocycles. The monoisotopic (exact) mass is 218 g/mol. The maximum Gasteiger partial charge on any atom is 0.0396 e. The standard InChI is InChI=1S/C14H22N2/c1-11-4-5-14(12(2)10-11)16-8-6-13(15-3)7-9-16/h4-5,10,13,15H,6-9H2,1-3H3. The quantitative estimate of drug-likeness (QED) is 0.820. The number of benzene rings is 1. The second-order valence-corrected chi connectivity index (χ2v) is 4.84. The summed E-state index contributed by atoms with van der Waals surface area (Å²) < 4.78 is 0. The fraction of sp³-hybridized carbons (Fsp3) is 0.571. The molecule has 2 nitrogen and oxygen atoms in total. The van der Waals surface area contributed by atoms with E-state index in [0.29, 0.717) is 6.04 Å². The van der Waals surface area contributed by atoms with Crippen molar-refractivity contribution in [2.24, 2.45) is 0 Å². The maximum atomic E-state index is 3.37. The van der Waals surface area contributed by atoms with Crippen molar-refractivity contribution in [3.8, 4) is 0 Å². The highest BCUT2D eigenvalue weighted by Crippen LogP contribution is 2.24. The molecule has 1 aromatic rings. The van der Waals surface area contributed by atoms with E-state index in [1.54, 1.807) is 0 Å². The van der Waals surface area contributed by atoms with Gasteiger partial charge in [-0.05, 0) is 45.4 Å². The van der Waals surface area contributed by atoms with E-state index in [0.717, 1.165) is 0 Å². The minimum Gasteiger partial charge on any atom is -0.371 e. The van der Waals surface area contributed by atoms with E-state index in [-0.39, 0.29) is 0 Å². The molecule has 0 atom stereocenters. The van der Waals surface area contributed by atoms with Crippen LogP contribution in [0.5, 0.6) is 0 Å². The maximum absolute atomic E-state index is 3.37. The first-order valence-corrected chi connectivity index (χ1v) is 6.20. The van der Waals surface area contributed by atoms with E-state index in [4.69, 9.17) is 0 Å². The molecule has 1 fully saturated rings. The van der Waals surface area contributed by atoms with Gasteiger partial charge in [0, 0.05) is 24.8 Å². The molecule has 2 rings (SSSR count). The number of aryl methyl sites for hydroxylation is 2. The van der Waals surface area contributed by atoms with Crippen LogP contribution in [0, 0.1) is 13.8 Å². The SMILES string of the molecule is CNC1CCN(c2ccc(C)cc2C)CC1. The lowest BCUT2D eigenvalue weighted by Crippen LogP contribution is -2.41. The van der Waals surface area contributed by atoms with Gasteiger partial charge >= 0.3 is 0 Å². The van der Waals surface area contributed by atoms with E-state index in [2.05, 4.69) is 49.3 Å². The molecule has 1 saturated heterocycles. The van der Waals surface area contributed by atoms with Gasteiger partial charge in [-0.2, -0.15) is 0 Å². The molecule has 0 spiro atoms. The fourth-order valence-corrected chi connectivity index (χ4v) is 2.57. The molecule has 1 aliphatic heterocycles. The molecule has 1 aromatic carbocycles. The number of anilines is 1. The number of nitrogens with zero attached hydrogens (tertiary/aromatic N) is 1. The Morgan fingerprint density at radius 2 is 1.88 bits per heavy atom. The van der Waals surface area contributed by atoms with Crippen molar-refractivity contribution in [3.63, 3.8) is 0 Å². The summed E-state index contributed by atoms with van der Waals surface area (Å²) in [4.78, 5) is 2.52. The van der Waals surface area contributed by atoms with E-state index in [1.807, 2.05) is 0 Å². The Kier molecular flexibility index (Phi) is 3.49. The third-order valence-corrected chi connectivity index (χ3v) is 3.60. The highest BCUT2D eigenvalue weighted by molar-refractivity contribution is 5.54. The summed E-state index contributed by atoms with van der Waals surface area (Å²) in [6.45, 7) is 6.72. The Hall–Kier alpha value is -1.02. The van der Waals surface area contributed by atoms with Gasteiger partial charge in [0.2, 0.25) is 0 Å². The topological polar surface area (TPSA) is 15.3 Å². The minimum atomic E-state index is 0.710. The lowest BCUT2D eigenvalue weighted by Gasteiger charge is -2.34. The first-order valence-electron chi connectivity index (χ1n) is 6.20. The average molecular weight is 218 g/mol. The van der Waals surface area contributed by atoms with Gasteiger partial charge in [0.15, 0.2) is 0 Å². The zero-order valence-corrected chi connectivity index (χ0v) is 10.6. The van der Waals surface area contributed by atoms with Gasteiger partial charge < -0.3 is 10.2 Å². The Balaban J connectivity index is 2.08. The molecule has 0 unspecified atom stereocenters. The lowest BCUT2D eigenvalue weighted by molar-refractivity contribution is 0.442. The molecular formula is C14H22N2. The average Bonchev–Trinajstić information content (AvgIpc) is 2.29. The molecular weight excluding hydrogens is 196 g/mol. The molecule has 2 heteroatoms. The Bertz CT molecular complexity index is 352. The summed E-state index contributed by atoms with van der Waals surface area (Å²) in [5.74, 6) is 0. The Morgan fingerprint density at radius 1 is 1.19 bits per heavy atom. The predicted molar refractivity (Wildman–Crippen MR) is 70.2 cm³/mol. The van der Waals surface area contributed by atoms with Crippen LogP contribution in [0.3, 0.4) is 0 Å². The molecule has 1 heterocycles. The van der Waals surface area contributed by atoms with Crippen LogP contribution < -0.4 is 10.2 Å². The van der Waals surface area contributed by atoms with E-state index in [9.17, 15) is 0 Å². The lowest BCUT2D eigenvalue weighted by atomic mass is 10.0. The van der Waals surface area contributed by atoms with Crippen LogP contribution in [0.15, 0.2) is 18.2 Å². The first kappa shape index (κ1) is 11.5.